The van der Waals surface area contributed by atoms with Crippen LogP contribution in [0.2, 0.25) is 0 Å². The highest BCUT2D eigenvalue weighted by atomic mass is 16.7. The fourth-order valence-corrected chi connectivity index (χ4v) is 3.94. The molecule has 0 aliphatic carbocycles. The molecule has 4 atom stereocenters. The van der Waals surface area contributed by atoms with Gasteiger partial charge >= 0.3 is 11.9 Å². The molecular formula is C21H28O8. The zero-order valence-corrected chi connectivity index (χ0v) is 17.4. The van der Waals surface area contributed by atoms with Crippen LogP contribution in [0.5, 0.6) is 0 Å². The van der Waals surface area contributed by atoms with Gasteiger partial charge in [-0.05, 0) is 40.2 Å². The number of allylic oxidation sites excluding steroid dienone is 1. The highest BCUT2D eigenvalue weighted by Gasteiger charge is 2.58. The van der Waals surface area contributed by atoms with Crippen molar-refractivity contribution in [3.63, 3.8) is 0 Å². The van der Waals surface area contributed by atoms with Gasteiger partial charge in [-0.25, -0.2) is 9.59 Å². The minimum absolute atomic E-state index is 0.0495. The van der Waals surface area contributed by atoms with Gasteiger partial charge in [-0.1, -0.05) is 6.08 Å². The van der Waals surface area contributed by atoms with Crippen LogP contribution in [0.1, 0.15) is 47.0 Å². The van der Waals surface area contributed by atoms with Crippen LogP contribution in [0.4, 0.5) is 0 Å². The van der Waals surface area contributed by atoms with Crippen molar-refractivity contribution in [2.24, 2.45) is 0 Å². The first-order chi connectivity index (χ1) is 13.5. The summed E-state index contributed by atoms with van der Waals surface area (Å²) in [7, 11) is 1.44. The molecule has 3 heterocycles. The van der Waals surface area contributed by atoms with E-state index in [0.29, 0.717) is 17.6 Å². The summed E-state index contributed by atoms with van der Waals surface area (Å²) in [5, 5.41) is 22.2. The van der Waals surface area contributed by atoms with E-state index in [1.54, 1.807) is 32.9 Å². The van der Waals surface area contributed by atoms with Gasteiger partial charge in [0.05, 0.1) is 17.8 Å². The molecule has 3 rings (SSSR count). The number of carbonyl (C=O) groups is 2. The molecule has 29 heavy (non-hydrogen) atoms. The predicted molar refractivity (Wildman–Crippen MR) is 101 cm³/mol. The Labute approximate surface area is 169 Å². The second-order valence-corrected chi connectivity index (χ2v) is 8.27. The van der Waals surface area contributed by atoms with E-state index >= 15 is 0 Å². The molecule has 3 aliphatic rings. The van der Waals surface area contributed by atoms with Crippen molar-refractivity contribution < 1.29 is 38.7 Å². The van der Waals surface area contributed by atoms with E-state index in [0.717, 1.165) is 0 Å². The van der Waals surface area contributed by atoms with Gasteiger partial charge in [0.2, 0.25) is 0 Å². The summed E-state index contributed by atoms with van der Waals surface area (Å²) in [6, 6.07) is 0. The minimum Gasteiger partial charge on any atom is -0.454 e. The molecule has 0 aromatic heterocycles. The number of methoxy groups -OCH3 is 1. The largest absolute Gasteiger partial charge is 0.454 e. The van der Waals surface area contributed by atoms with Gasteiger partial charge in [0.25, 0.3) is 0 Å². The van der Waals surface area contributed by atoms with E-state index in [9.17, 15) is 19.8 Å². The SMILES string of the molecule is C/C=C(\C)C(=O)O[C@H]1C[C@](C)(O)[C@@]2(O)CC[C@@](C)(C=C3OC(=O)C(COC)=C31)O2. The van der Waals surface area contributed by atoms with Crippen LogP contribution in [-0.2, 0) is 28.5 Å². The van der Waals surface area contributed by atoms with Crippen LogP contribution >= 0.6 is 0 Å². The van der Waals surface area contributed by atoms with Crippen LogP contribution in [-0.4, -0.2) is 59.0 Å². The van der Waals surface area contributed by atoms with Crippen LogP contribution in [0.3, 0.4) is 0 Å². The Bertz CT molecular complexity index is 821. The monoisotopic (exact) mass is 408 g/mol. The van der Waals surface area contributed by atoms with E-state index in [1.807, 2.05) is 0 Å². The molecule has 8 nitrogen and oxygen atoms in total. The Morgan fingerprint density at radius 1 is 1.34 bits per heavy atom. The number of hydrogen-bond donors (Lipinski definition) is 2. The second kappa shape index (κ2) is 7.36. The van der Waals surface area contributed by atoms with E-state index in [4.69, 9.17) is 18.9 Å². The van der Waals surface area contributed by atoms with Gasteiger partial charge < -0.3 is 29.2 Å². The highest BCUT2D eigenvalue weighted by Crippen LogP contribution is 2.49. The quantitative estimate of drug-likeness (QED) is 0.534. The first-order valence-corrected chi connectivity index (χ1v) is 9.61. The smallest absolute Gasteiger partial charge is 0.342 e. The number of ether oxygens (including phenoxy) is 4. The zero-order chi connectivity index (χ0) is 21.6. The number of hydrogen-bond acceptors (Lipinski definition) is 8. The maximum atomic E-state index is 12.5. The third-order valence-electron chi connectivity index (χ3n) is 5.88. The van der Waals surface area contributed by atoms with Gasteiger partial charge in [0.1, 0.15) is 17.5 Å². The Balaban J connectivity index is 2.17. The lowest BCUT2D eigenvalue weighted by molar-refractivity contribution is -0.298. The summed E-state index contributed by atoms with van der Waals surface area (Å²) in [5.41, 5.74) is -1.83. The summed E-state index contributed by atoms with van der Waals surface area (Å²) in [6.07, 6.45) is 2.55. The number of aliphatic hydroxyl groups is 2. The van der Waals surface area contributed by atoms with Crippen LogP contribution in [0.15, 0.2) is 34.6 Å². The lowest BCUT2D eigenvalue weighted by Gasteiger charge is -2.40. The summed E-state index contributed by atoms with van der Waals surface area (Å²) >= 11 is 0. The highest BCUT2D eigenvalue weighted by molar-refractivity contribution is 5.95. The maximum Gasteiger partial charge on any atom is 0.342 e. The molecule has 8 heteroatoms. The molecule has 0 spiro atoms. The molecule has 2 N–H and O–H groups in total. The van der Waals surface area contributed by atoms with E-state index in [1.165, 1.54) is 14.0 Å². The molecule has 3 aliphatic heterocycles. The number of carbonyl (C=O) groups excluding carboxylic acids is 2. The van der Waals surface area contributed by atoms with Crippen molar-refractivity contribution in [1.29, 1.82) is 0 Å². The van der Waals surface area contributed by atoms with Crippen molar-refractivity contribution >= 4 is 11.9 Å². The average molecular weight is 408 g/mol. The summed E-state index contributed by atoms with van der Waals surface area (Å²) < 4.78 is 22.1. The molecule has 160 valence electrons. The number of fused-ring (bicyclic) bond motifs is 3. The van der Waals surface area contributed by atoms with Crippen molar-refractivity contribution in [2.45, 2.75) is 70.1 Å². The molecule has 0 radical (unpaired) electrons. The molecule has 0 aromatic rings. The Hall–Kier alpha value is -2.00. The van der Waals surface area contributed by atoms with E-state index in [2.05, 4.69) is 0 Å². The maximum absolute atomic E-state index is 12.5. The van der Waals surface area contributed by atoms with Crippen LogP contribution < -0.4 is 0 Å². The van der Waals surface area contributed by atoms with Crippen LogP contribution in [0, 0.1) is 0 Å². The van der Waals surface area contributed by atoms with Gasteiger partial charge in [-0.3, -0.25) is 0 Å². The van der Waals surface area contributed by atoms with Gasteiger partial charge in [0.15, 0.2) is 5.79 Å². The lowest BCUT2D eigenvalue weighted by atomic mass is 9.82. The predicted octanol–water partition coefficient (Wildman–Crippen LogP) is 1.66. The topological polar surface area (TPSA) is 112 Å². The average Bonchev–Trinajstić information content (AvgIpc) is 3.11. The summed E-state index contributed by atoms with van der Waals surface area (Å²) in [6.45, 7) is 6.43. The third-order valence-corrected chi connectivity index (χ3v) is 5.88. The standard InChI is InChI=1S/C21H28O8/c1-6-12(2)17(22)27-15-10-20(4,24)21(25)8-7-19(3,29-21)9-14-16(15)13(11-26-5)18(23)28-14/h6,9,15,24-25H,7-8,10-11H2,1-5H3/b12-6+,14-9?/t15-,19-,20-,21+/m0/s1. The van der Waals surface area contributed by atoms with Gasteiger partial charge in [-0.2, -0.15) is 0 Å². The van der Waals surface area contributed by atoms with Crippen molar-refractivity contribution in [3.05, 3.63) is 34.6 Å². The number of rotatable bonds is 4. The first-order valence-electron chi connectivity index (χ1n) is 9.61. The fraction of sp³-hybridized carbons (Fsp3) is 0.619. The molecule has 0 amide bonds. The molecule has 0 unspecified atom stereocenters. The van der Waals surface area contributed by atoms with Gasteiger partial charge in [0, 0.05) is 31.1 Å². The fourth-order valence-electron chi connectivity index (χ4n) is 3.94. The molecule has 1 fully saturated rings. The molecular weight excluding hydrogens is 380 g/mol. The van der Waals surface area contributed by atoms with Crippen molar-refractivity contribution in [1.82, 2.24) is 0 Å². The summed E-state index contributed by atoms with van der Waals surface area (Å²) in [4.78, 5) is 25.0. The van der Waals surface area contributed by atoms with Crippen molar-refractivity contribution in [2.75, 3.05) is 13.7 Å². The normalized spacial score (nSPS) is 37.3. The molecule has 1 saturated heterocycles. The minimum atomic E-state index is -1.84. The molecule has 0 aromatic carbocycles. The first kappa shape index (κ1) is 21.7. The Morgan fingerprint density at radius 2 is 2.03 bits per heavy atom. The zero-order valence-electron chi connectivity index (χ0n) is 17.4. The third kappa shape index (κ3) is 3.77. The number of esters is 2. The van der Waals surface area contributed by atoms with E-state index < -0.39 is 35.0 Å². The molecule has 2 bridgehead atoms. The Kier molecular flexibility index (Phi) is 5.51. The lowest BCUT2D eigenvalue weighted by Crippen LogP contribution is -2.54. The second-order valence-electron chi connectivity index (χ2n) is 8.27. The summed E-state index contributed by atoms with van der Waals surface area (Å²) in [5.74, 6) is -2.85. The van der Waals surface area contributed by atoms with Crippen LogP contribution in [0.25, 0.3) is 0 Å². The molecule has 0 saturated carbocycles. The van der Waals surface area contributed by atoms with Crippen molar-refractivity contribution in [3.8, 4) is 0 Å². The van der Waals surface area contributed by atoms with Gasteiger partial charge in [-0.15, -0.1) is 0 Å². The Morgan fingerprint density at radius 3 is 2.66 bits per heavy atom. The van der Waals surface area contributed by atoms with E-state index in [-0.39, 0.29) is 30.8 Å².